The van der Waals surface area contributed by atoms with Gasteiger partial charge in [0, 0.05) is 13.1 Å². The molecule has 0 atom stereocenters. The molecule has 2 aromatic rings. The van der Waals surface area contributed by atoms with Gasteiger partial charge in [-0.15, -0.1) is 0 Å². The highest BCUT2D eigenvalue weighted by Gasteiger charge is 2.19. The van der Waals surface area contributed by atoms with E-state index in [1.807, 2.05) is 0 Å². The summed E-state index contributed by atoms with van der Waals surface area (Å²) in [4.78, 5) is 39.2. The van der Waals surface area contributed by atoms with Crippen molar-refractivity contribution in [3.05, 3.63) is 29.5 Å². The van der Waals surface area contributed by atoms with Gasteiger partial charge in [-0.2, -0.15) is 0 Å². The molecule has 5 nitrogen and oxygen atoms in total. The maximum absolute atomic E-state index is 13.6. The van der Waals surface area contributed by atoms with Crippen LogP contribution in [0.1, 0.15) is 27.8 Å². The lowest BCUT2D eigenvalue weighted by atomic mass is 10.1. The summed E-state index contributed by atoms with van der Waals surface area (Å²) in [7, 11) is 0. The van der Waals surface area contributed by atoms with Crippen molar-refractivity contribution >= 4 is 28.8 Å². The third kappa shape index (κ3) is 1.63. The molecule has 0 spiro atoms. The molecular weight excluding hydrogens is 227 g/mol. The molecule has 6 heteroatoms. The molecule has 2 heterocycles. The summed E-state index contributed by atoms with van der Waals surface area (Å²) in [6.07, 6.45) is 2.14. The summed E-state index contributed by atoms with van der Waals surface area (Å²) in [6, 6.07) is 0. The van der Waals surface area contributed by atoms with Crippen LogP contribution in [-0.2, 0) is 4.79 Å². The van der Waals surface area contributed by atoms with Crippen LogP contribution in [0.3, 0.4) is 0 Å². The minimum absolute atomic E-state index is 0.0337. The number of halogens is 1. The normalized spacial score (nSPS) is 10.5. The van der Waals surface area contributed by atoms with Gasteiger partial charge in [-0.1, -0.05) is 0 Å². The quantitative estimate of drug-likeness (QED) is 0.493. The second kappa shape index (κ2) is 3.89. The van der Waals surface area contributed by atoms with Crippen molar-refractivity contribution < 1.29 is 18.8 Å². The van der Waals surface area contributed by atoms with Gasteiger partial charge in [-0.25, -0.2) is 9.37 Å². The molecule has 0 saturated heterocycles. The standard InChI is InChI=1S/C11H7FN2O3/c1-5(16)10-11-9(7(12)3-14-10)6(2-13-11)8(17)4-15/h2-4,13H,1H3. The van der Waals surface area contributed by atoms with Crippen molar-refractivity contribution in [3.8, 4) is 0 Å². The third-order valence-electron chi connectivity index (χ3n) is 2.37. The van der Waals surface area contributed by atoms with Gasteiger partial charge in [0.1, 0.15) is 5.69 Å². The van der Waals surface area contributed by atoms with Gasteiger partial charge >= 0.3 is 0 Å². The second-order valence-electron chi connectivity index (χ2n) is 3.45. The molecule has 0 aliphatic carbocycles. The van der Waals surface area contributed by atoms with Crippen LogP contribution in [0.5, 0.6) is 0 Å². The predicted octanol–water partition coefficient (Wildman–Crippen LogP) is 1.29. The Bertz CT molecular complexity index is 645. The largest absolute Gasteiger partial charge is 0.358 e. The highest BCUT2D eigenvalue weighted by atomic mass is 19.1. The zero-order chi connectivity index (χ0) is 12.6. The Hall–Kier alpha value is -2.37. The van der Waals surface area contributed by atoms with Crippen molar-refractivity contribution in [1.82, 2.24) is 9.97 Å². The summed E-state index contributed by atoms with van der Waals surface area (Å²) in [5.41, 5.74) is 0.0615. The summed E-state index contributed by atoms with van der Waals surface area (Å²) in [6.45, 7) is 1.28. The highest BCUT2D eigenvalue weighted by molar-refractivity contribution is 6.36. The van der Waals surface area contributed by atoms with Crippen LogP contribution in [0.15, 0.2) is 12.4 Å². The summed E-state index contributed by atoms with van der Waals surface area (Å²) >= 11 is 0. The summed E-state index contributed by atoms with van der Waals surface area (Å²) in [5, 5.41) is -0.0812. The van der Waals surface area contributed by atoms with Gasteiger partial charge in [0.2, 0.25) is 5.78 Å². The smallest absolute Gasteiger partial charge is 0.227 e. The zero-order valence-corrected chi connectivity index (χ0v) is 8.78. The summed E-state index contributed by atoms with van der Waals surface area (Å²) in [5.74, 6) is -1.96. The molecule has 0 bridgehead atoms. The minimum Gasteiger partial charge on any atom is -0.358 e. The number of carbonyl (C=O) groups excluding carboxylic acids is 3. The van der Waals surface area contributed by atoms with Gasteiger partial charge in [-0.3, -0.25) is 14.4 Å². The molecular formula is C11H7FN2O3. The number of nitrogens with zero attached hydrogens (tertiary/aromatic N) is 1. The number of aromatic nitrogens is 2. The van der Waals surface area contributed by atoms with Gasteiger partial charge in [0.15, 0.2) is 17.9 Å². The Morgan fingerprint density at radius 1 is 1.47 bits per heavy atom. The first kappa shape index (κ1) is 11.1. The summed E-state index contributed by atoms with van der Waals surface area (Å²) < 4.78 is 13.6. The average molecular weight is 234 g/mol. The fourth-order valence-electron chi connectivity index (χ4n) is 1.63. The molecule has 0 aromatic carbocycles. The highest BCUT2D eigenvalue weighted by Crippen LogP contribution is 2.23. The number of aromatic amines is 1. The fourth-order valence-corrected chi connectivity index (χ4v) is 1.63. The van der Waals surface area contributed by atoms with Gasteiger partial charge in [0.25, 0.3) is 0 Å². The molecule has 1 N–H and O–H groups in total. The van der Waals surface area contributed by atoms with Crippen LogP contribution < -0.4 is 0 Å². The number of fused-ring (bicyclic) bond motifs is 1. The van der Waals surface area contributed by atoms with Crippen LogP contribution >= 0.6 is 0 Å². The first-order valence-corrected chi connectivity index (χ1v) is 4.72. The van der Waals surface area contributed by atoms with Crippen LogP contribution in [0, 0.1) is 5.82 Å². The first-order chi connectivity index (χ1) is 8.06. The third-order valence-corrected chi connectivity index (χ3v) is 2.37. The lowest BCUT2D eigenvalue weighted by molar-refractivity contribution is -0.104. The average Bonchev–Trinajstić information content (AvgIpc) is 2.73. The SMILES string of the molecule is CC(=O)c1ncc(F)c2c(C(=O)C=O)c[nH]c12. The van der Waals surface area contributed by atoms with Crippen LogP contribution in [-0.4, -0.2) is 27.8 Å². The number of rotatable bonds is 3. The number of carbonyl (C=O) groups is 3. The van der Waals surface area contributed by atoms with E-state index in [1.54, 1.807) is 0 Å². The molecule has 0 saturated carbocycles. The lowest BCUT2D eigenvalue weighted by Gasteiger charge is -1.99. The number of Topliss-reactive ketones (excluding diaryl/α,β-unsaturated/α-hetero) is 2. The van der Waals surface area contributed by atoms with E-state index in [1.165, 1.54) is 13.1 Å². The second-order valence-corrected chi connectivity index (χ2v) is 3.45. The predicted molar refractivity (Wildman–Crippen MR) is 56.5 cm³/mol. The van der Waals surface area contributed by atoms with Gasteiger partial charge in [0.05, 0.1) is 22.7 Å². The topological polar surface area (TPSA) is 79.9 Å². The van der Waals surface area contributed by atoms with E-state index in [0.717, 1.165) is 6.20 Å². The number of H-pyrrole nitrogens is 1. The first-order valence-electron chi connectivity index (χ1n) is 4.72. The molecule has 0 aliphatic rings. The number of aldehydes is 1. The van der Waals surface area contributed by atoms with E-state index in [-0.39, 0.29) is 34.2 Å². The maximum Gasteiger partial charge on any atom is 0.227 e. The molecule has 0 radical (unpaired) electrons. The molecule has 86 valence electrons. The van der Waals surface area contributed by atoms with Crippen LogP contribution in [0.2, 0.25) is 0 Å². The fraction of sp³-hybridized carbons (Fsp3) is 0.0909. The van der Waals surface area contributed by atoms with E-state index in [4.69, 9.17) is 0 Å². The number of ketones is 2. The van der Waals surface area contributed by atoms with Crippen molar-refractivity contribution in [2.24, 2.45) is 0 Å². The minimum atomic E-state index is -0.851. The van der Waals surface area contributed by atoms with Crippen LogP contribution in [0.4, 0.5) is 4.39 Å². The van der Waals surface area contributed by atoms with Crippen molar-refractivity contribution in [2.75, 3.05) is 0 Å². The van der Waals surface area contributed by atoms with Crippen molar-refractivity contribution in [1.29, 1.82) is 0 Å². The monoisotopic (exact) mass is 234 g/mol. The molecule has 0 amide bonds. The van der Waals surface area contributed by atoms with Crippen molar-refractivity contribution in [2.45, 2.75) is 6.92 Å². The Labute approximate surface area is 94.7 Å². The molecule has 0 unspecified atom stereocenters. The van der Waals surface area contributed by atoms with E-state index < -0.39 is 11.6 Å². The molecule has 0 aliphatic heterocycles. The van der Waals surface area contributed by atoms with Gasteiger partial charge in [-0.05, 0) is 0 Å². The van der Waals surface area contributed by atoms with Crippen molar-refractivity contribution in [3.63, 3.8) is 0 Å². The number of hydrogen-bond acceptors (Lipinski definition) is 4. The van der Waals surface area contributed by atoms with E-state index >= 15 is 0 Å². The molecule has 17 heavy (non-hydrogen) atoms. The zero-order valence-electron chi connectivity index (χ0n) is 8.78. The molecule has 2 aromatic heterocycles. The van der Waals surface area contributed by atoms with Gasteiger partial charge < -0.3 is 4.98 Å². The van der Waals surface area contributed by atoms with E-state index in [9.17, 15) is 18.8 Å². The number of hydrogen-bond donors (Lipinski definition) is 1. The molecule has 0 fully saturated rings. The Morgan fingerprint density at radius 2 is 2.18 bits per heavy atom. The lowest BCUT2D eigenvalue weighted by Crippen LogP contribution is -2.02. The van der Waals surface area contributed by atoms with Crippen LogP contribution in [0.25, 0.3) is 10.9 Å². The van der Waals surface area contributed by atoms with E-state index in [2.05, 4.69) is 9.97 Å². The Kier molecular flexibility index (Phi) is 2.55. The number of pyridine rings is 1. The number of nitrogens with one attached hydrogen (secondary N) is 1. The van der Waals surface area contributed by atoms with E-state index in [0.29, 0.717) is 0 Å². The maximum atomic E-state index is 13.6. The Morgan fingerprint density at radius 3 is 2.76 bits per heavy atom. The molecule has 2 rings (SSSR count). The Balaban J connectivity index is 2.85.